The Morgan fingerprint density at radius 1 is 1.48 bits per heavy atom. The highest BCUT2D eigenvalue weighted by Gasteiger charge is 2.27. The zero-order valence-corrected chi connectivity index (χ0v) is 14.1. The number of anilines is 1. The van der Waals surface area contributed by atoms with Gasteiger partial charge in [0.05, 0.1) is 11.1 Å². The lowest BCUT2D eigenvalue weighted by molar-refractivity contribution is 0.1000. The van der Waals surface area contributed by atoms with Crippen LogP contribution in [0.25, 0.3) is 0 Å². The second-order valence-corrected chi connectivity index (χ2v) is 7.18. The third-order valence-corrected chi connectivity index (χ3v) is 5.46. The van der Waals surface area contributed by atoms with E-state index in [-0.39, 0.29) is 10.7 Å². The molecular formula is C16H16ClN3O2S. The van der Waals surface area contributed by atoms with Gasteiger partial charge in [-0.05, 0) is 42.9 Å². The van der Waals surface area contributed by atoms with Gasteiger partial charge in [0, 0.05) is 11.1 Å². The number of aromatic nitrogens is 1. The summed E-state index contributed by atoms with van der Waals surface area (Å²) >= 11 is 7.37. The summed E-state index contributed by atoms with van der Waals surface area (Å²) < 4.78 is 0. The van der Waals surface area contributed by atoms with Crippen LogP contribution in [0.1, 0.15) is 44.5 Å². The molecule has 0 aromatic carbocycles. The second kappa shape index (κ2) is 6.29. The molecule has 7 heteroatoms. The quantitative estimate of drug-likeness (QED) is 0.834. The maximum atomic E-state index is 12.4. The van der Waals surface area contributed by atoms with Gasteiger partial charge in [-0.15, -0.1) is 11.3 Å². The molecule has 1 aliphatic carbocycles. The summed E-state index contributed by atoms with van der Waals surface area (Å²) in [5, 5.41) is 3.40. The van der Waals surface area contributed by atoms with Gasteiger partial charge in [-0.2, -0.15) is 0 Å². The van der Waals surface area contributed by atoms with Crippen molar-refractivity contribution in [2.45, 2.75) is 26.2 Å². The molecule has 0 saturated heterocycles. The van der Waals surface area contributed by atoms with E-state index >= 15 is 0 Å². The van der Waals surface area contributed by atoms with Crippen molar-refractivity contribution in [3.63, 3.8) is 0 Å². The molecule has 0 radical (unpaired) electrons. The van der Waals surface area contributed by atoms with E-state index in [0.717, 1.165) is 29.7 Å². The predicted octanol–water partition coefficient (Wildman–Crippen LogP) is 3.27. The Hall–Kier alpha value is -1.92. The topological polar surface area (TPSA) is 85.1 Å². The fourth-order valence-electron chi connectivity index (χ4n) is 2.83. The van der Waals surface area contributed by atoms with E-state index in [1.165, 1.54) is 17.5 Å². The Labute approximate surface area is 142 Å². The Kier molecular flexibility index (Phi) is 4.37. The van der Waals surface area contributed by atoms with Crippen LogP contribution in [0, 0.1) is 5.92 Å². The molecule has 0 bridgehead atoms. The van der Waals surface area contributed by atoms with Gasteiger partial charge in [-0.3, -0.25) is 9.59 Å². The van der Waals surface area contributed by atoms with Gasteiger partial charge < -0.3 is 11.1 Å². The first-order chi connectivity index (χ1) is 11.0. The van der Waals surface area contributed by atoms with E-state index < -0.39 is 11.8 Å². The van der Waals surface area contributed by atoms with E-state index in [2.05, 4.69) is 17.2 Å². The number of primary amides is 1. The number of nitrogens with one attached hydrogen (secondary N) is 1. The van der Waals surface area contributed by atoms with Crippen LogP contribution in [0.4, 0.5) is 5.00 Å². The van der Waals surface area contributed by atoms with Crippen LogP contribution in [-0.4, -0.2) is 16.8 Å². The van der Waals surface area contributed by atoms with Crippen molar-refractivity contribution in [3.05, 3.63) is 45.1 Å². The van der Waals surface area contributed by atoms with Crippen LogP contribution < -0.4 is 11.1 Å². The second-order valence-electron chi connectivity index (χ2n) is 5.72. The van der Waals surface area contributed by atoms with E-state index in [9.17, 15) is 9.59 Å². The molecule has 3 N–H and O–H groups in total. The van der Waals surface area contributed by atoms with Gasteiger partial charge in [0.15, 0.2) is 0 Å². The normalized spacial score (nSPS) is 16.7. The number of fused-ring (bicyclic) bond motifs is 1. The first kappa shape index (κ1) is 16.0. The lowest BCUT2D eigenvalue weighted by Crippen LogP contribution is -2.19. The molecule has 2 aromatic heterocycles. The zero-order chi connectivity index (χ0) is 16.6. The molecule has 120 valence electrons. The summed E-state index contributed by atoms with van der Waals surface area (Å²) in [5.74, 6) is -0.333. The Morgan fingerprint density at radius 3 is 2.96 bits per heavy atom. The molecule has 2 heterocycles. The fraction of sp³-hybridized carbons (Fsp3) is 0.312. The van der Waals surface area contributed by atoms with Crippen molar-refractivity contribution in [1.82, 2.24) is 4.98 Å². The van der Waals surface area contributed by atoms with Crippen LogP contribution in [0.5, 0.6) is 0 Å². The molecule has 2 aromatic rings. The van der Waals surface area contributed by atoms with Crippen LogP contribution >= 0.6 is 22.9 Å². The van der Waals surface area contributed by atoms with Gasteiger partial charge in [-0.25, -0.2) is 4.98 Å². The van der Waals surface area contributed by atoms with Gasteiger partial charge >= 0.3 is 0 Å². The van der Waals surface area contributed by atoms with Gasteiger partial charge in [0.25, 0.3) is 11.8 Å². The molecule has 0 fully saturated rings. The molecule has 23 heavy (non-hydrogen) atoms. The fourth-order valence-corrected chi connectivity index (χ4v) is 4.44. The SMILES string of the molecule is C[C@@H]1CCc2c(sc(NC(=O)c3cccnc3Cl)c2C(N)=O)C1. The number of pyridine rings is 1. The molecule has 0 saturated carbocycles. The number of thiophene rings is 1. The molecule has 1 atom stereocenters. The molecular weight excluding hydrogens is 334 g/mol. The first-order valence-corrected chi connectivity index (χ1v) is 8.53. The minimum atomic E-state index is -0.510. The smallest absolute Gasteiger partial charge is 0.259 e. The number of halogens is 1. The van der Waals surface area contributed by atoms with Crippen LogP contribution in [0.2, 0.25) is 5.15 Å². The largest absolute Gasteiger partial charge is 0.365 e. The molecule has 0 aliphatic heterocycles. The predicted molar refractivity (Wildman–Crippen MR) is 91.2 cm³/mol. The van der Waals surface area contributed by atoms with Crippen LogP contribution in [0.3, 0.4) is 0 Å². The number of nitrogens with two attached hydrogens (primary N) is 1. The highest BCUT2D eigenvalue weighted by molar-refractivity contribution is 7.17. The molecule has 0 unspecified atom stereocenters. The number of rotatable bonds is 3. The molecule has 1 aliphatic rings. The summed E-state index contributed by atoms with van der Waals surface area (Å²) in [5.41, 5.74) is 7.22. The van der Waals surface area contributed by atoms with Gasteiger partial charge in [-0.1, -0.05) is 18.5 Å². The summed E-state index contributed by atoms with van der Waals surface area (Å²) in [6.07, 6.45) is 4.25. The van der Waals surface area contributed by atoms with Crippen molar-refractivity contribution in [2.75, 3.05) is 5.32 Å². The zero-order valence-electron chi connectivity index (χ0n) is 12.6. The Bertz CT molecular complexity index is 788. The monoisotopic (exact) mass is 349 g/mol. The van der Waals surface area contributed by atoms with E-state index in [4.69, 9.17) is 17.3 Å². The summed E-state index contributed by atoms with van der Waals surface area (Å²) in [4.78, 5) is 29.3. The Morgan fingerprint density at radius 2 is 2.26 bits per heavy atom. The molecule has 0 spiro atoms. The standard InChI is InChI=1S/C16H16ClN3O2S/c1-8-4-5-9-11(7-8)23-16(12(9)14(18)21)20-15(22)10-3-2-6-19-13(10)17/h2-3,6,8H,4-5,7H2,1H3,(H2,18,21)(H,20,22)/t8-/m1/s1. The number of hydrogen-bond acceptors (Lipinski definition) is 4. The maximum Gasteiger partial charge on any atom is 0.259 e. The first-order valence-electron chi connectivity index (χ1n) is 7.33. The molecule has 2 amide bonds. The van der Waals surface area contributed by atoms with E-state index in [0.29, 0.717) is 16.5 Å². The van der Waals surface area contributed by atoms with Gasteiger partial charge in [0.1, 0.15) is 10.2 Å². The average Bonchev–Trinajstić information content (AvgIpc) is 2.84. The van der Waals surface area contributed by atoms with Crippen molar-refractivity contribution < 1.29 is 9.59 Å². The third-order valence-electron chi connectivity index (χ3n) is 3.99. The maximum absolute atomic E-state index is 12.4. The average molecular weight is 350 g/mol. The number of carbonyl (C=O) groups is 2. The van der Waals surface area contributed by atoms with Crippen molar-refractivity contribution >= 4 is 39.8 Å². The minimum Gasteiger partial charge on any atom is -0.365 e. The van der Waals surface area contributed by atoms with Crippen molar-refractivity contribution in [1.29, 1.82) is 0 Å². The molecule has 3 rings (SSSR count). The Balaban J connectivity index is 1.96. The summed E-state index contributed by atoms with van der Waals surface area (Å²) in [6.45, 7) is 2.18. The van der Waals surface area contributed by atoms with Crippen LogP contribution in [0.15, 0.2) is 18.3 Å². The van der Waals surface area contributed by atoms with E-state index in [1.807, 2.05) is 0 Å². The highest BCUT2D eigenvalue weighted by atomic mass is 35.5. The van der Waals surface area contributed by atoms with Gasteiger partial charge in [0.2, 0.25) is 0 Å². The number of carbonyl (C=O) groups excluding carboxylic acids is 2. The third kappa shape index (κ3) is 3.09. The highest BCUT2D eigenvalue weighted by Crippen LogP contribution is 2.39. The number of hydrogen-bond donors (Lipinski definition) is 2. The summed E-state index contributed by atoms with van der Waals surface area (Å²) in [7, 11) is 0. The lowest BCUT2D eigenvalue weighted by atomic mass is 9.88. The summed E-state index contributed by atoms with van der Waals surface area (Å²) in [6, 6.07) is 3.22. The number of amides is 2. The van der Waals surface area contributed by atoms with Crippen LogP contribution in [-0.2, 0) is 12.8 Å². The van der Waals surface area contributed by atoms with Crippen molar-refractivity contribution in [3.8, 4) is 0 Å². The van der Waals surface area contributed by atoms with Crippen molar-refractivity contribution in [2.24, 2.45) is 11.7 Å². The van der Waals surface area contributed by atoms with E-state index in [1.54, 1.807) is 12.1 Å². The minimum absolute atomic E-state index is 0.126. The number of nitrogens with zero attached hydrogens (tertiary/aromatic N) is 1. The molecule has 5 nitrogen and oxygen atoms in total. The lowest BCUT2D eigenvalue weighted by Gasteiger charge is -2.18.